The number of likely N-dealkylation sites (tertiary alicyclic amines) is 1. The first-order valence-corrected chi connectivity index (χ1v) is 12.6. The number of hydrogen-bond acceptors (Lipinski definition) is 7. The Kier molecular flexibility index (Phi) is 5.32. The second-order valence-corrected chi connectivity index (χ2v) is 10.5. The third-order valence-corrected chi connectivity index (χ3v) is 8.21. The molecule has 178 valence electrons. The smallest absolute Gasteiger partial charge is 0.253 e. The van der Waals surface area contributed by atoms with Crippen molar-refractivity contribution in [3.05, 3.63) is 70.9 Å². The first-order valence-electron chi connectivity index (χ1n) is 11.8. The Balaban J connectivity index is 1.29. The van der Waals surface area contributed by atoms with E-state index in [2.05, 4.69) is 5.16 Å². The van der Waals surface area contributed by atoms with Crippen molar-refractivity contribution in [2.45, 2.75) is 31.7 Å². The molecule has 3 N–H and O–H groups in total. The largest absolute Gasteiger partial charge is 0.394 e. The highest BCUT2D eigenvalue weighted by Gasteiger charge is 2.36. The quantitative estimate of drug-likeness (QED) is 0.450. The van der Waals surface area contributed by atoms with E-state index in [1.165, 1.54) is 0 Å². The molecule has 1 aliphatic carbocycles. The minimum absolute atomic E-state index is 0.0323. The Hall–Kier alpha value is -3.33. The average molecular weight is 487 g/mol. The van der Waals surface area contributed by atoms with Crippen molar-refractivity contribution >= 4 is 17.2 Å². The molecule has 0 bridgehead atoms. The average Bonchev–Trinajstić information content (AvgIpc) is 3.60. The lowest BCUT2D eigenvalue weighted by Crippen LogP contribution is -2.46. The molecule has 1 fully saturated rings. The van der Waals surface area contributed by atoms with E-state index in [4.69, 9.17) is 15.2 Å². The molecule has 8 heteroatoms. The second kappa shape index (κ2) is 8.41. The number of hydrogen-bond donors (Lipinski definition) is 2. The summed E-state index contributed by atoms with van der Waals surface area (Å²) in [5.74, 6) is 0.676. The summed E-state index contributed by atoms with van der Waals surface area (Å²) in [5, 5.41) is 14.7. The number of benzene rings is 2. The van der Waals surface area contributed by atoms with Crippen LogP contribution in [0.15, 0.2) is 53.1 Å². The van der Waals surface area contributed by atoms with Crippen LogP contribution >= 0.6 is 11.3 Å². The van der Waals surface area contributed by atoms with E-state index < -0.39 is 5.54 Å². The zero-order valence-electron chi connectivity index (χ0n) is 19.5. The molecule has 1 amide bonds. The maximum Gasteiger partial charge on any atom is 0.253 e. The Morgan fingerprint density at radius 3 is 2.83 bits per heavy atom. The maximum atomic E-state index is 13.1. The van der Waals surface area contributed by atoms with E-state index in [0.717, 1.165) is 56.4 Å². The third-order valence-electron chi connectivity index (χ3n) is 7.08. The predicted molar refractivity (Wildman–Crippen MR) is 135 cm³/mol. The molecule has 4 aromatic rings. The van der Waals surface area contributed by atoms with E-state index in [9.17, 15) is 9.90 Å². The van der Waals surface area contributed by atoms with Crippen LogP contribution in [0.2, 0.25) is 0 Å². The Labute approximate surface area is 207 Å². The van der Waals surface area contributed by atoms with Crippen molar-refractivity contribution in [2.75, 3.05) is 19.7 Å². The minimum atomic E-state index is -0.697. The fourth-order valence-electron chi connectivity index (χ4n) is 5.02. The van der Waals surface area contributed by atoms with E-state index in [1.54, 1.807) is 16.2 Å². The van der Waals surface area contributed by atoms with Gasteiger partial charge in [0.1, 0.15) is 5.69 Å². The molecule has 2 aromatic carbocycles. The van der Waals surface area contributed by atoms with Gasteiger partial charge in [-0.05, 0) is 49.4 Å². The number of rotatable bonds is 4. The molecule has 0 saturated carbocycles. The van der Waals surface area contributed by atoms with E-state index in [1.807, 2.05) is 55.5 Å². The van der Waals surface area contributed by atoms with Crippen LogP contribution in [0.3, 0.4) is 0 Å². The number of aromatic nitrogens is 2. The van der Waals surface area contributed by atoms with E-state index in [0.29, 0.717) is 30.8 Å². The number of carbonyl (C=O) groups excluding carboxylic acids is 1. The van der Waals surface area contributed by atoms with Gasteiger partial charge in [0.05, 0.1) is 22.7 Å². The van der Waals surface area contributed by atoms with Crippen LogP contribution in [0.25, 0.3) is 32.5 Å². The molecule has 2 aliphatic rings. The van der Waals surface area contributed by atoms with Gasteiger partial charge in [0.2, 0.25) is 0 Å². The Morgan fingerprint density at radius 2 is 2.06 bits per heavy atom. The fraction of sp³-hybridized carbons (Fsp3) is 0.296. The summed E-state index contributed by atoms with van der Waals surface area (Å²) in [4.78, 5) is 20.9. The first kappa shape index (κ1) is 22.2. The van der Waals surface area contributed by atoms with Crippen LogP contribution in [0.4, 0.5) is 0 Å². The maximum absolute atomic E-state index is 13.1. The second-order valence-electron chi connectivity index (χ2n) is 9.52. The number of nitrogens with two attached hydrogens (primary N) is 1. The van der Waals surface area contributed by atoms with Gasteiger partial charge in [0.15, 0.2) is 10.8 Å². The molecule has 3 heterocycles. The van der Waals surface area contributed by atoms with Gasteiger partial charge in [-0.15, -0.1) is 11.3 Å². The lowest BCUT2D eigenvalue weighted by Gasteiger charge is -2.23. The minimum Gasteiger partial charge on any atom is -0.394 e. The number of aliphatic hydroxyl groups is 1. The summed E-state index contributed by atoms with van der Waals surface area (Å²) in [5.41, 5.74) is 12.3. The molecular weight excluding hydrogens is 460 g/mol. The van der Waals surface area contributed by atoms with Gasteiger partial charge in [-0.1, -0.05) is 41.6 Å². The summed E-state index contributed by atoms with van der Waals surface area (Å²) in [6.07, 6.45) is 2.25. The van der Waals surface area contributed by atoms with Gasteiger partial charge in [-0.25, -0.2) is 4.98 Å². The zero-order valence-corrected chi connectivity index (χ0v) is 20.3. The monoisotopic (exact) mass is 486 g/mol. The summed E-state index contributed by atoms with van der Waals surface area (Å²) < 4.78 is 5.75. The third kappa shape index (κ3) is 3.78. The van der Waals surface area contributed by atoms with Crippen molar-refractivity contribution < 1.29 is 14.4 Å². The molecule has 1 saturated heterocycles. The summed E-state index contributed by atoms with van der Waals surface area (Å²) in [7, 11) is 0. The highest BCUT2D eigenvalue weighted by Crippen LogP contribution is 2.43. The van der Waals surface area contributed by atoms with Crippen LogP contribution < -0.4 is 5.73 Å². The summed E-state index contributed by atoms with van der Waals surface area (Å²) >= 11 is 1.61. The molecule has 1 atom stereocenters. The molecule has 1 unspecified atom stereocenters. The van der Waals surface area contributed by atoms with Crippen LogP contribution in [0.1, 0.15) is 33.6 Å². The number of aliphatic hydroxyl groups excluding tert-OH is 1. The standard InChI is InChI=1S/C27H26N4O3S/c1-16-22(17-5-3-2-4-6-17)30-34-23(16)25-29-21-10-8-18-13-19(7-9-20(18)24(21)35-25)26(33)31-12-11-27(28,14-31)15-32/h2-7,9,13,32H,8,10-12,14-15,28H2,1H3. The number of nitrogens with zero attached hydrogens (tertiary/aromatic N) is 3. The van der Waals surface area contributed by atoms with Crippen molar-refractivity contribution in [3.63, 3.8) is 0 Å². The van der Waals surface area contributed by atoms with Crippen LogP contribution in [0, 0.1) is 6.92 Å². The molecule has 0 spiro atoms. The van der Waals surface area contributed by atoms with Crippen molar-refractivity contribution in [3.8, 4) is 32.5 Å². The SMILES string of the molecule is Cc1c(-c2ccccc2)noc1-c1nc2c(s1)-c1ccc(C(=O)N3CCC(N)(CO)C3)cc1CC2. The van der Waals surface area contributed by atoms with E-state index in [-0.39, 0.29) is 12.5 Å². The zero-order chi connectivity index (χ0) is 24.2. The molecule has 0 radical (unpaired) electrons. The van der Waals surface area contributed by atoms with Crippen LogP contribution in [0.5, 0.6) is 0 Å². The van der Waals surface area contributed by atoms with Crippen molar-refractivity contribution in [2.24, 2.45) is 5.73 Å². The van der Waals surface area contributed by atoms with Gasteiger partial charge in [0, 0.05) is 29.8 Å². The number of thiazole rings is 1. The number of fused-ring (bicyclic) bond motifs is 3. The van der Waals surface area contributed by atoms with Crippen molar-refractivity contribution in [1.29, 1.82) is 0 Å². The highest BCUT2D eigenvalue weighted by molar-refractivity contribution is 7.18. The normalized spacial score (nSPS) is 19.0. The Bertz CT molecular complexity index is 1430. The topological polar surface area (TPSA) is 105 Å². The van der Waals surface area contributed by atoms with Crippen molar-refractivity contribution in [1.82, 2.24) is 15.0 Å². The number of amides is 1. The number of aryl methyl sites for hydroxylation is 2. The fourth-order valence-corrected chi connectivity index (χ4v) is 6.23. The highest BCUT2D eigenvalue weighted by atomic mass is 32.1. The van der Waals surface area contributed by atoms with Gasteiger partial charge < -0.3 is 20.3 Å². The predicted octanol–water partition coefficient (Wildman–Crippen LogP) is 4.07. The van der Waals surface area contributed by atoms with E-state index >= 15 is 0 Å². The van der Waals surface area contributed by atoms with Gasteiger partial charge in [-0.2, -0.15) is 0 Å². The molecule has 1 aliphatic heterocycles. The van der Waals surface area contributed by atoms with Gasteiger partial charge in [-0.3, -0.25) is 4.79 Å². The number of carbonyl (C=O) groups is 1. The summed E-state index contributed by atoms with van der Waals surface area (Å²) in [6.45, 7) is 2.85. The summed E-state index contributed by atoms with van der Waals surface area (Å²) in [6, 6.07) is 15.9. The van der Waals surface area contributed by atoms with Crippen LogP contribution in [-0.4, -0.2) is 51.3 Å². The van der Waals surface area contributed by atoms with Gasteiger partial charge >= 0.3 is 0 Å². The van der Waals surface area contributed by atoms with Gasteiger partial charge in [0.25, 0.3) is 5.91 Å². The Morgan fingerprint density at radius 1 is 1.23 bits per heavy atom. The lowest BCUT2D eigenvalue weighted by atomic mass is 9.92. The van der Waals surface area contributed by atoms with Crippen LogP contribution in [-0.2, 0) is 12.8 Å². The molecule has 2 aromatic heterocycles. The molecule has 35 heavy (non-hydrogen) atoms. The lowest BCUT2D eigenvalue weighted by molar-refractivity contribution is 0.0775. The molecule has 6 rings (SSSR count). The molecular formula is C27H26N4O3S. The molecule has 7 nitrogen and oxygen atoms in total. The first-order chi connectivity index (χ1) is 17.0.